The number of carbonyl (C=O) groups is 1. The number of methoxy groups -OCH3 is 1. The zero-order valence-corrected chi connectivity index (χ0v) is 16.0. The molecule has 6 heteroatoms. The van der Waals surface area contributed by atoms with Crippen LogP contribution in [0.3, 0.4) is 0 Å². The summed E-state index contributed by atoms with van der Waals surface area (Å²) >= 11 is 1.94. The number of benzene rings is 1. The molecule has 0 aromatic heterocycles. The van der Waals surface area contributed by atoms with Crippen LogP contribution in [-0.2, 0) is 9.53 Å². The Morgan fingerprint density at radius 1 is 1.24 bits per heavy atom. The molecular formula is C19H29N3O2S. The van der Waals surface area contributed by atoms with E-state index in [4.69, 9.17) is 4.99 Å². The number of nitrogens with one attached hydrogen (secondary N) is 2. The van der Waals surface area contributed by atoms with Gasteiger partial charge in [-0.1, -0.05) is 18.2 Å². The SMILES string of the molecule is CCNC(=NCC1(Sc2ccccc2)CC1)NCCCCC(=O)OC. The van der Waals surface area contributed by atoms with Gasteiger partial charge < -0.3 is 15.4 Å². The van der Waals surface area contributed by atoms with Crippen LogP contribution in [0.1, 0.15) is 39.0 Å². The fourth-order valence-corrected chi connectivity index (χ4v) is 3.67. The van der Waals surface area contributed by atoms with E-state index in [0.29, 0.717) is 6.42 Å². The van der Waals surface area contributed by atoms with Crippen molar-refractivity contribution in [2.24, 2.45) is 4.99 Å². The number of carbonyl (C=O) groups excluding carboxylic acids is 1. The molecule has 0 bridgehead atoms. The first-order valence-electron chi connectivity index (χ1n) is 9.00. The second-order valence-electron chi connectivity index (χ2n) is 6.25. The highest BCUT2D eigenvalue weighted by Crippen LogP contribution is 2.51. The van der Waals surface area contributed by atoms with Crippen molar-refractivity contribution in [2.45, 2.75) is 48.7 Å². The van der Waals surface area contributed by atoms with Crippen molar-refractivity contribution in [1.82, 2.24) is 10.6 Å². The molecule has 5 nitrogen and oxygen atoms in total. The first kappa shape index (κ1) is 19.6. The van der Waals surface area contributed by atoms with E-state index < -0.39 is 0 Å². The number of hydrogen-bond donors (Lipinski definition) is 2. The van der Waals surface area contributed by atoms with E-state index in [0.717, 1.165) is 38.4 Å². The van der Waals surface area contributed by atoms with E-state index in [-0.39, 0.29) is 10.7 Å². The molecule has 0 heterocycles. The highest BCUT2D eigenvalue weighted by Gasteiger charge is 2.43. The smallest absolute Gasteiger partial charge is 0.305 e. The average Bonchev–Trinajstić information content (AvgIpc) is 3.39. The van der Waals surface area contributed by atoms with Crippen LogP contribution < -0.4 is 10.6 Å². The molecule has 0 unspecified atom stereocenters. The molecule has 1 aromatic carbocycles. The van der Waals surface area contributed by atoms with Gasteiger partial charge in [-0.3, -0.25) is 9.79 Å². The summed E-state index contributed by atoms with van der Waals surface area (Å²) in [4.78, 5) is 17.2. The van der Waals surface area contributed by atoms with E-state index in [9.17, 15) is 4.79 Å². The van der Waals surface area contributed by atoms with Crippen LogP contribution >= 0.6 is 11.8 Å². The predicted octanol–water partition coefficient (Wildman–Crippen LogP) is 3.21. The van der Waals surface area contributed by atoms with Crippen molar-refractivity contribution < 1.29 is 9.53 Å². The lowest BCUT2D eigenvalue weighted by Gasteiger charge is -2.15. The minimum Gasteiger partial charge on any atom is -0.469 e. The number of rotatable bonds is 10. The third-order valence-corrected chi connectivity index (χ3v) is 5.56. The zero-order valence-electron chi connectivity index (χ0n) is 15.2. The minimum absolute atomic E-state index is 0.144. The Hall–Kier alpha value is -1.69. The molecule has 0 radical (unpaired) electrons. The molecule has 138 valence electrons. The van der Waals surface area contributed by atoms with Gasteiger partial charge in [-0.25, -0.2) is 0 Å². The lowest BCUT2D eigenvalue weighted by atomic mass is 10.2. The van der Waals surface area contributed by atoms with Gasteiger partial charge in [0.15, 0.2) is 5.96 Å². The molecule has 0 spiro atoms. The molecule has 1 saturated carbocycles. The summed E-state index contributed by atoms with van der Waals surface area (Å²) in [5.74, 6) is 0.717. The summed E-state index contributed by atoms with van der Waals surface area (Å²) in [6, 6.07) is 10.6. The Bertz CT molecular complexity index is 559. The Morgan fingerprint density at radius 2 is 2.00 bits per heavy atom. The maximum atomic E-state index is 11.1. The van der Waals surface area contributed by atoms with Gasteiger partial charge in [0.25, 0.3) is 0 Å². The average molecular weight is 364 g/mol. The monoisotopic (exact) mass is 363 g/mol. The molecule has 2 rings (SSSR count). The maximum Gasteiger partial charge on any atom is 0.305 e. The third kappa shape index (κ3) is 7.38. The molecular weight excluding hydrogens is 334 g/mol. The second-order valence-corrected chi connectivity index (χ2v) is 7.79. The van der Waals surface area contributed by atoms with Gasteiger partial charge in [0.05, 0.1) is 13.7 Å². The van der Waals surface area contributed by atoms with E-state index in [1.54, 1.807) is 0 Å². The summed E-state index contributed by atoms with van der Waals surface area (Å²) in [5, 5.41) is 6.65. The van der Waals surface area contributed by atoms with Crippen LogP contribution in [-0.4, -0.2) is 43.4 Å². The quantitative estimate of drug-likeness (QED) is 0.289. The lowest BCUT2D eigenvalue weighted by Crippen LogP contribution is -2.38. The summed E-state index contributed by atoms with van der Waals surface area (Å²) in [5.41, 5.74) is 0. The molecule has 2 N–H and O–H groups in total. The van der Waals surface area contributed by atoms with E-state index in [1.165, 1.54) is 24.8 Å². The highest BCUT2D eigenvalue weighted by atomic mass is 32.2. The van der Waals surface area contributed by atoms with Crippen molar-refractivity contribution in [3.63, 3.8) is 0 Å². The number of aliphatic imine (C=N–C) groups is 1. The van der Waals surface area contributed by atoms with Crippen LogP contribution in [0.15, 0.2) is 40.2 Å². The Kier molecular flexibility index (Phi) is 8.12. The topological polar surface area (TPSA) is 62.7 Å². The number of esters is 1. The fourth-order valence-electron chi connectivity index (χ4n) is 2.44. The number of nitrogens with zero attached hydrogens (tertiary/aromatic N) is 1. The molecule has 25 heavy (non-hydrogen) atoms. The van der Waals surface area contributed by atoms with Gasteiger partial charge in [0, 0.05) is 29.2 Å². The number of thioether (sulfide) groups is 1. The molecule has 1 fully saturated rings. The van der Waals surface area contributed by atoms with Crippen LogP contribution in [0.25, 0.3) is 0 Å². The fraction of sp³-hybridized carbons (Fsp3) is 0.579. The molecule has 1 aliphatic carbocycles. The Morgan fingerprint density at radius 3 is 2.64 bits per heavy atom. The zero-order chi connectivity index (χ0) is 18.0. The predicted molar refractivity (Wildman–Crippen MR) is 104 cm³/mol. The van der Waals surface area contributed by atoms with E-state index in [2.05, 4.69) is 52.6 Å². The molecule has 1 aliphatic rings. The third-order valence-electron chi connectivity index (χ3n) is 4.08. The van der Waals surface area contributed by atoms with Crippen molar-refractivity contribution in [1.29, 1.82) is 0 Å². The lowest BCUT2D eigenvalue weighted by molar-refractivity contribution is -0.140. The van der Waals surface area contributed by atoms with Crippen molar-refractivity contribution in [2.75, 3.05) is 26.7 Å². The summed E-state index contributed by atoms with van der Waals surface area (Å²) in [6.45, 7) is 4.54. The van der Waals surface area contributed by atoms with Crippen molar-refractivity contribution in [3.05, 3.63) is 30.3 Å². The molecule has 0 aliphatic heterocycles. The number of unbranched alkanes of at least 4 members (excludes halogenated alkanes) is 1. The van der Waals surface area contributed by atoms with Crippen molar-refractivity contribution in [3.8, 4) is 0 Å². The number of ether oxygens (including phenoxy) is 1. The summed E-state index contributed by atoms with van der Waals surface area (Å²) in [7, 11) is 1.43. The maximum absolute atomic E-state index is 11.1. The molecule has 0 saturated heterocycles. The summed E-state index contributed by atoms with van der Waals surface area (Å²) < 4.78 is 4.91. The molecule has 1 aromatic rings. The van der Waals surface area contributed by atoms with Gasteiger partial charge in [0.1, 0.15) is 0 Å². The van der Waals surface area contributed by atoms with Gasteiger partial charge in [0.2, 0.25) is 0 Å². The second kappa shape index (κ2) is 10.3. The highest BCUT2D eigenvalue weighted by molar-refractivity contribution is 8.01. The number of hydrogen-bond acceptors (Lipinski definition) is 4. The van der Waals surface area contributed by atoms with E-state index >= 15 is 0 Å². The Balaban J connectivity index is 1.76. The van der Waals surface area contributed by atoms with Crippen LogP contribution in [0.4, 0.5) is 0 Å². The van der Waals surface area contributed by atoms with Crippen LogP contribution in [0, 0.1) is 0 Å². The normalized spacial score (nSPS) is 15.5. The standard InChI is InChI=1S/C19H29N3O2S/c1-3-20-18(21-14-8-7-11-17(23)24-2)22-15-19(12-13-19)25-16-9-5-4-6-10-16/h4-6,9-10H,3,7-8,11-15H2,1-2H3,(H2,20,21,22). The first-order valence-corrected chi connectivity index (χ1v) is 9.82. The van der Waals surface area contributed by atoms with Crippen molar-refractivity contribution >= 4 is 23.7 Å². The number of guanidine groups is 1. The first-order chi connectivity index (χ1) is 12.2. The van der Waals surface area contributed by atoms with Gasteiger partial charge in [-0.2, -0.15) is 0 Å². The van der Waals surface area contributed by atoms with Crippen LogP contribution in [0.5, 0.6) is 0 Å². The summed E-state index contributed by atoms with van der Waals surface area (Å²) in [6.07, 6.45) is 4.65. The largest absolute Gasteiger partial charge is 0.469 e. The van der Waals surface area contributed by atoms with Gasteiger partial charge >= 0.3 is 5.97 Å². The molecule has 0 amide bonds. The van der Waals surface area contributed by atoms with E-state index in [1.807, 2.05) is 11.8 Å². The van der Waals surface area contributed by atoms with Gasteiger partial charge in [-0.15, -0.1) is 11.8 Å². The Labute approximate surface area is 155 Å². The molecule has 0 atom stereocenters. The van der Waals surface area contributed by atoms with Gasteiger partial charge in [-0.05, 0) is 44.7 Å². The minimum atomic E-state index is -0.144. The van der Waals surface area contributed by atoms with Crippen LogP contribution in [0.2, 0.25) is 0 Å².